The standard InChI is InChI=1S/C17H25Cl2N3O3S/c1-12(2)13(3)20-17(23)11-21-6-8-22(9-7-21)26(24,25)14-4-5-15(18)16(19)10-14/h4-5,10,12-13H,6-9,11H2,1-3H3,(H,20,23)/t13-/m1/s1. The second kappa shape index (κ2) is 8.89. The number of carbonyl (C=O) groups is 1. The molecule has 0 radical (unpaired) electrons. The molecule has 2 rings (SSSR count). The smallest absolute Gasteiger partial charge is 0.243 e. The largest absolute Gasteiger partial charge is 0.352 e. The first kappa shape index (κ1) is 21.4. The maximum absolute atomic E-state index is 12.7. The number of nitrogens with zero attached hydrogens (tertiary/aromatic N) is 2. The number of hydrogen-bond donors (Lipinski definition) is 1. The van der Waals surface area contributed by atoms with Gasteiger partial charge in [0.2, 0.25) is 15.9 Å². The number of halogens is 2. The van der Waals surface area contributed by atoms with Crippen LogP contribution in [0, 0.1) is 5.92 Å². The molecular weight excluding hydrogens is 397 g/mol. The SMILES string of the molecule is CC(C)[C@@H](C)NC(=O)CN1CCN(S(=O)(=O)c2ccc(Cl)c(Cl)c2)CC1. The minimum absolute atomic E-state index is 0.0352. The van der Waals surface area contributed by atoms with E-state index in [1.807, 2.05) is 11.8 Å². The van der Waals surface area contributed by atoms with Crippen molar-refractivity contribution in [3.63, 3.8) is 0 Å². The molecule has 0 aliphatic carbocycles. The Labute approximate surface area is 165 Å². The van der Waals surface area contributed by atoms with E-state index >= 15 is 0 Å². The Morgan fingerprint density at radius 3 is 2.27 bits per heavy atom. The highest BCUT2D eigenvalue weighted by Crippen LogP contribution is 2.27. The quantitative estimate of drug-likeness (QED) is 0.765. The molecule has 1 amide bonds. The zero-order valence-corrected chi connectivity index (χ0v) is 17.5. The molecule has 0 saturated carbocycles. The van der Waals surface area contributed by atoms with E-state index in [1.54, 1.807) is 0 Å². The van der Waals surface area contributed by atoms with Gasteiger partial charge in [0, 0.05) is 32.2 Å². The van der Waals surface area contributed by atoms with Crippen LogP contribution in [0.4, 0.5) is 0 Å². The molecule has 1 N–H and O–H groups in total. The Bertz CT molecular complexity index is 748. The van der Waals surface area contributed by atoms with Gasteiger partial charge in [-0.15, -0.1) is 0 Å². The maximum Gasteiger partial charge on any atom is 0.243 e. The lowest BCUT2D eigenvalue weighted by Crippen LogP contribution is -2.51. The minimum atomic E-state index is -3.62. The summed E-state index contributed by atoms with van der Waals surface area (Å²) in [5, 5.41) is 3.49. The average molecular weight is 422 g/mol. The van der Waals surface area contributed by atoms with Crippen LogP contribution in [-0.2, 0) is 14.8 Å². The van der Waals surface area contributed by atoms with Gasteiger partial charge >= 0.3 is 0 Å². The Kier molecular flexibility index (Phi) is 7.33. The molecule has 0 aromatic heterocycles. The van der Waals surface area contributed by atoms with Crippen molar-refractivity contribution in [1.29, 1.82) is 0 Å². The van der Waals surface area contributed by atoms with Gasteiger partial charge in [-0.25, -0.2) is 8.42 Å². The second-order valence-corrected chi connectivity index (χ2v) is 9.61. The Hall–Kier alpha value is -0.860. The summed E-state index contributed by atoms with van der Waals surface area (Å²) in [5.41, 5.74) is 0. The van der Waals surface area contributed by atoms with Crippen LogP contribution in [0.1, 0.15) is 20.8 Å². The monoisotopic (exact) mass is 421 g/mol. The van der Waals surface area contributed by atoms with Crippen LogP contribution in [0.2, 0.25) is 10.0 Å². The molecule has 0 spiro atoms. The number of piperazine rings is 1. The summed E-state index contributed by atoms with van der Waals surface area (Å²) in [6, 6.07) is 4.41. The summed E-state index contributed by atoms with van der Waals surface area (Å²) in [7, 11) is -3.62. The first-order chi connectivity index (χ1) is 12.1. The van der Waals surface area contributed by atoms with Crippen LogP contribution >= 0.6 is 23.2 Å². The minimum Gasteiger partial charge on any atom is -0.352 e. The first-order valence-electron chi connectivity index (χ1n) is 8.58. The number of nitrogens with one attached hydrogen (secondary N) is 1. The highest BCUT2D eigenvalue weighted by Gasteiger charge is 2.29. The summed E-state index contributed by atoms with van der Waals surface area (Å²) in [5.74, 6) is 0.333. The first-order valence-corrected chi connectivity index (χ1v) is 10.8. The number of sulfonamides is 1. The third kappa shape index (κ3) is 5.33. The van der Waals surface area contributed by atoms with Gasteiger partial charge in [-0.1, -0.05) is 37.0 Å². The molecule has 0 bridgehead atoms. The average Bonchev–Trinajstić information content (AvgIpc) is 2.57. The van der Waals surface area contributed by atoms with Crippen LogP contribution in [-0.4, -0.2) is 62.3 Å². The molecule has 9 heteroatoms. The Balaban J connectivity index is 1.93. The highest BCUT2D eigenvalue weighted by molar-refractivity contribution is 7.89. The molecule has 146 valence electrons. The van der Waals surface area contributed by atoms with Gasteiger partial charge in [-0.05, 0) is 31.0 Å². The van der Waals surface area contributed by atoms with Gasteiger partial charge in [0.1, 0.15) is 0 Å². The molecule has 1 aliphatic rings. The van der Waals surface area contributed by atoms with Gasteiger partial charge in [-0.3, -0.25) is 9.69 Å². The van der Waals surface area contributed by atoms with E-state index in [1.165, 1.54) is 22.5 Å². The number of hydrogen-bond acceptors (Lipinski definition) is 4. The fourth-order valence-electron chi connectivity index (χ4n) is 2.58. The summed E-state index contributed by atoms with van der Waals surface area (Å²) >= 11 is 11.8. The molecule has 1 fully saturated rings. The second-order valence-electron chi connectivity index (χ2n) is 6.86. The topological polar surface area (TPSA) is 69.7 Å². The van der Waals surface area contributed by atoms with E-state index in [0.29, 0.717) is 37.1 Å². The zero-order valence-electron chi connectivity index (χ0n) is 15.2. The fraction of sp³-hybridized carbons (Fsp3) is 0.588. The van der Waals surface area contributed by atoms with Crippen molar-refractivity contribution in [3.05, 3.63) is 28.2 Å². The van der Waals surface area contributed by atoms with Gasteiger partial charge in [0.15, 0.2) is 0 Å². The van der Waals surface area contributed by atoms with Crippen molar-refractivity contribution in [3.8, 4) is 0 Å². The van der Waals surface area contributed by atoms with E-state index in [9.17, 15) is 13.2 Å². The zero-order chi connectivity index (χ0) is 19.5. The molecule has 1 atom stereocenters. The van der Waals surface area contributed by atoms with Crippen molar-refractivity contribution in [2.45, 2.75) is 31.7 Å². The Morgan fingerprint density at radius 2 is 1.73 bits per heavy atom. The van der Waals surface area contributed by atoms with E-state index in [2.05, 4.69) is 19.2 Å². The van der Waals surface area contributed by atoms with Crippen LogP contribution < -0.4 is 5.32 Å². The van der Waals surface area contributed by atoms with Crippen molar-refractivity contribution in [2.24, 2.45) is 5.92 Å². The van der Waals surface area contributed by atoms with E-state index in [4.69, 9.17) is 23.2 Å². The van der Waals surface area contributed by atoms with Gasteiger partial charge in [0.05, 0.1) is 21.5 Å². The summed E-state index contributed by atoms with van der Waals surface area (Å²) in [6.07, 6.45) is 0. The fourth-order valence-corrected chi connectivity index (χ4v) is 4.40. The summed E-state index contributed by atoms with van der Waals surface area (Å²) in [4.78, 5) is 14.2. The molecule has 26 heavy (non-hydrogen) atoms. The number of amides is 1. The third-order valence-electron chi connectivity index (χ3n) is 4.62. The molecule has 6 nitrogen and oxygen atoms in total. The predicted octanol–water partition coefficient (Wildman–Crippen LogP) is 2.46. The van der Waals surface area contributed by atoms with Crippen LogP contribution in [0.5, 0.6) is 0 Å². The van der Waals surface area contributed by atoms with Crippen molar-refractivity contribution in [2.75, 3.05) is 32.7 Å². The normalized spacial score (nSPS) is 18.1. The Morgan fingerprint density at radius 1 is 1.12 bits per heavy atom. The van der Waals surface area contributed by atoms with E-state index in [0.717, 1.165) is 0 Å². The lowest BCUT2D eigenvalue weighted by Gasteiger charge is -2.33. The van der Waals surface area contributed by atoms with Gasteiger partial charge in [0.25, 0.3) is 0 Å². The van der Waals surface area contributed by atoms with Gasteiger partial charge in [-0.2, -0.15) is 4.31 Å². The molecule has 0 unspecified atom stereocenters. The van der Waals surface area contributed by atoms with Crippen molar-refractivity contribution in [1.82, 2.24) is 14.5 Å². The summed E-state index contributed by atoms with van der Waals surface area (Å²) < 4.78 is 26.9. The van der Waals surface area contributed by atoms with Crippen LogP contribution in [0.15, 0.2) is 23.1 Å². The van der Waals surface area contributed by atoms with E-state index in [-0.39, 0.29) is 28.4 Å². The third-order valence-corrected chi connectivity index (χ3v) is 7.25. The highest BCUT2D eigenvalue weighted by atomic mass is 35.5. The molecule has 1 aromatic carbocycles. The number of benzene rings is 1. The molecular formula is C17H25Cl2N3O3S. The van der Waals surface area contributed by atoms with Crippen molar-refractivity contribution < 1.29 is 13.2 Å². The molecule has 1 saturated heterocycles. The molecule has 1 aliphatic heterocycles. The predicted molar refractivity (Wildman–Crippen MR) is 104 cm³/mol. The van der Waals surface area contributed by atoms with E-state index < -0.39 is 10.0 Å². The number of rotatable bonds is 6. The molecule has 1 heterocycles. The lowest BCUT2D eigenvalue weighted by atomic mass is 10.1. The maximum atomic E-state index is 12.7. The van der Waals surface area contributed by atoms with Crippen LogP contribution in [0.25, 0.3) is 0 Å². The molecule has 1 aromatic rings. The number of carbonyl (C=O) groups excluding carboxylic acids is 1. The van der Waals surface area contributed by atoms with Crippen molar-refractivity contribution >= 4 is 39.1 Å². The lowest BCUT2D eigenvalue weighted by molar-refractivity contribution is -0.123. The van der Waals surface area contributed by atoms with Crippen LogP contribution in [0.3, 0.4) is 0 Å². The summed E-state index contributed by atoms with van der Waals surface area (Å²) in [6.45, 7) is 8.02. The van der Waals surface area contributed by atoms with Gasteiger partial charge < -0.3 is 5.32 Å².